The van der Waals surface area contributed by atoms with Crippen LogP contribution in [0.2, 0.25) is 0 Å². The van der Waals surface area contributed by atoms with Crippen molar-refractivity contribution in [3.8, 4) is 0 Å². The largest absolute Gasteiger partial charge is 0.465 e. The first kappa shape index (κ1) is 14.1. The Bertz CT molecular complexity index is 363. The molecule has 1 atom stereocenters. The van der Waals surface area contributed by atoms with Gasteiger partial charge in [0.25, 0.3) is 0 Å². The predicted octanol–water partition coefficient (Wildman–Crippen LogP) is 2.13. The quantitative estimate of drug-likeness (QED) is 0.792. The number of thiazole rings is 1. The Morgan fingerprint density at radius 1 is 1.59 bits per heavy atom. The number of hydrogen-bond acceptors (Lipinski definition) is 5. The van der Waals surface area contributed by atoms with E-state index < -0.39 is 0 Å². The Hall–Kier alpha value is -0.940. The third kappa shape index (κ3) is 4.44. The minimum atomic E-state index is -0.267. The van der Waals surface area contributed by atoms with Crippen LogP contribution in [-0.2, 0) is 16.1 Å². The predicted molar refractivity (Wildman–Crippen MR) is 68.9 cm³/mol. The highest BCUT2D eigenvalue weighted by Gasteiger charge is 2.22. The normalized spacial score (nSPS) is 12.8. The zero-order valence-electron chi connectivity index (χ0n) is 10.8. The van der Waals surface area contributed by atoms with Crippen molar-refractivity contribution in [2.24, 2.45) is 5.92 Å². The van der Waals surface area contributed by atoms with Gasteiger partial charge in [-0.05, 0) is 19.8 Å². The van der Waals surface area contributed by atoms with Crippen LogP contribution < -0.4 is 5.32 Å². The number of nitrogens with zero attached hydrogens (tertiary/aromatic N) is 1. The first-order valence-corrected chi connectivity index (χ1v) is 6.73. The first-order chi connectivity index (χ1) is 8.04. The fourth-order valence-corrected chi connectivity index (χ4v) is 2.14. The van der Waals surface area contributed by atoms with Crippen molar-refractivity contribution in [1.82, 2.24) is 10.3 Å². The molecule has 0 saturated carbocycles. The van der Waals surface area contributed by atoms with Gasteiger partial charge in [-0.2, -0.15) is 0 Å². The molecule has 0 amide bonds. The number of nitrogens with one attached hydrogen (secondary N) is 1. The number of aromatic nitrogens is 1. The third-order valence-corrected chi connectivity index (χ3v) is 3.20. The summed E-state index contributed by atoms with van der Waals surface area (Å²) < 4.78 is 5.04. The molecule has 0 bridgehead atoms. The molecule has 17 heavy (non-hydrogen) atoms. The summed E-state index contributed by atoms with van der Waals surface area (Å²) >= 11 is 1.62. The Balaban J connectivity index is 2.52. The van der Waals surface area contributed by atoms with E-state index >= 15 is 0 Å². The maximum Gasteiger partial charge on any atom is 0.323 e. The molecule has 0 fully saturated rings. The fourth-order valence-electron chi connectivity index (χ4n) is 1.53. The van der Waals surface area contributed by atoms with Gasteiger partial charge in [0.1, 0.15) is 6.04 Å². The lowest BCUT2D eigenvalue weighted by Gasteiger charge is -2.19. The van der Waals surface area contributed by atoms with Gasteiger partial charge in [0, 0.05) is 11.9 Å². The van der Waals surface area contributed by atoms with E-state index in [1.54, 1.807) is 11.3 Å². The lowest BCUT2D eigenvalue weighted by Crippen LogP contribution is -2.41. The molecule has 5 heteroatoms. The van der Waals surface area contributed by atoms with Crippen LogP contribution in [0.15, 0.2) is 5.38 Å². The van der Waals surface area contributed by atoms with Gasteiger partial charge in [-0.3, -0.25) is 10.1 Å². The summed E-state index contributed by atoms with van der Waals surface area (Å²) in [4.78, 5) is 16.1. The lowest BCUT2D eigenvalue weighted by atomic mass is 10.0. The first-order valence-electron chi connectivity index (χ1n) is 5.85. The second kappa shape index (κ2) is 6.71. The summed E-state index contributed by atoms with van der Waals surface area (Å²) in [5.41, 5.74) is 0.974. The van der Waals surface area contributed by atoms with Gasteiger partial charge >= 0.3 is 5.97 Å². The number of aryl methyl sites for hydroxylation is 1. The number of esters is 1. The summed E-state index contributed by atoms with van der Waals surface area (Å²) in [6.07, 6.45) is 0. The van der Waals surface area contributed by atoms with E-state index in [0.717, 1.165) is 10.7 Å². The van der Waals surface area contributed by atoms with Crippen LogP contribution in [0.5, 0.6) is 0 Å². The molecule has 0 aliphatic heterocycles. The van der Waals surface area contributed by atoms with E-state index in [1.807, 2.05) is 33.1 Å². The average molecular weight is 256 g/mol. The van der Waals surface area contributed by atoms with Crippen molar-refractivity contribution in [2.75, 3.05) is 6.61 Å². The number of hydrogen-bond donors (Lipinski definition) is 1. The molecule has 1 aromatic rings. The van der Waals surface area contributed by atoms with Crippen LogP contribution in [0.4, 0.5) is 0 Å². The van der Waals surface area contributed by atoms with Crippen molar-refractivity contribution in [1.29, 1.82) is 0 Å². The molecule has 0 aliphatic carbocycles. The molecule has 1 rings (SSSR count). The van der Waals surface area contributed by atoms with E-state index in [2.05, 4.69) is 10.3 Å². The fraction of sp³-hybridized carbons (Fsp3) is 0.667. The summed E-state index contributed by atoms with van der Waals surface area (Å²) in [7, 11) is 0. The summed E-state index contributed by atoms with van der Waals surface area (Å²) in [5, 5.41) is 6.25. The zero-order chi connectivity index (χ0) is 12.8. The minimum absolute atomic E-state index is 0.186. The highest BCUT2D eigenvalue weighted by atomic mass is 32.1. The smallest absolute Gasteiger partial charge is 0.323 e. The Morgan fingerprint density at radius 2 is 2.29 bits per heavy atom. The maximum atomic E-state index is 11.7. The standard InChI is InChI=1S/C12H20N2O2S/c1-5-16-12(15)11(8(2)3)13-6-10-7-17-9(4)14-10/h7-8,11,13H,5-6H2,1-4H3. The van der Waals surface area contributed by atoms with Gasteiger partial charge in [0.2, 0.25) is 0 Å². The maximum absolute atomic E-state index is 11.7. The molecule has 0 aliphatic rings. The van der Waals surface area contributed by atoms with E-state index in [-0.39, 0.29) is 17.9 Å². The second-order valence-corrected chi connectivity index (χ2v) is 5.27. The number of carbonyl (C=O) groups excluding carboxylic acids is 1. The van der Waals surface area contributed by atoms with Crippen LogP contribution in [0.3, 0.4) is 0 Å². The third-order valence-electron chi connectivity index (χ3n) is 2.38. The molecular weight excluding hydrogens is 236 g/mol. The summed E-state index contributed by atoms with van der Waals surface area (Å²) in [5.74, 6) is 0.0169. The second-order valence-electron chi connectivity index (χ2n) is 4.21. The highest BCUT2D eigenvalue weighted by molar-refractivity contribution is 7.09. The summed E-state index contributed by atoms with van der Waals surface area (Å²) in [6.45, 7) is 8.81. The average Bonchev–Trinajstić information content (AvgIpc) is 2.64. The molecule has 0 radical (unpaired) electrons. The molecule has 1 aromatic heterocycles. The van der Waals surface area contributed by atoms with E-state index in [4.69, 9.17) is 4.74 Å². The summed E-state index contributed by atoms with van der Waals surface area (Å²) in [6, 6.07) is -0.267. The molecule has 0 spiro atoms. The van der Waals surface area contributed by atoms with Crippen molar-refractivity contribution in [3.05, 3.63) is 16.1 Å². The Kier molecular flexibility index (Phi) is 5.58. The van der Waals surface area contributed by atoms with Gasteiger partial charge in [0.05, 0.1) is 17.3 Å². The SMILES string of the molecule is CCOC(=O)C(NCc1csc(C)n1)C(C)C. The van der Waals surface area contributed by atoms with Gasteiger partial charge in [-0.1, -0.05) is 13.8 Å². The van der Waals surface area contributed by atoms with Gasteiger partial charge in [0.15, 0.2) is 0 Å². The molecule has 1 heterocycles. The molecule has 1 unspecified atom stereocenters. The Labute approximate surface area is 106 Å². The van der Waals surface area contributed by atoms with E-state index in [9.17, 15) is 4.79 Å². The van der Waals surface area contributed by atoms with Gasteiger partial charge < -0.3 is 4.74 Å². The molecule has 0 aromatic carbocycles. The highest BCUT2D eigenvalue weighted by Crippen LogP contribution is 2.09. The minimum Gasteiger partial charge on any atom is -0.465 e. The van der Waals surface area contributed by atoms with Crippen LogP contribution in [-0.4, -0.2) is 23.6 Å². The molecule has 96 valence electrons. The van der Waals surface area contributed by atoms with E-state index in [0.29, 0.717) is 13.2 Å². The topological polar surface area (TPSA) is 51.2 Å². The number of rotatable bonds is 6. The molecular formula is C12H20N2O2S. The van der Waals surface area contributed by atoms with Crippen molar-refractivity contribution >= 4 is 17.3 Å². The molecule has 1 N–H and O–H groups in total. The van der Waals surface area contributed by atoms with Crippen LogP contribution >= 0.6 is 11.3 Å². The van der Waals surface area contributed by atoms with Crippen LogP contribution in [0.1, 0.15) is 31.5 Å². The van der Waals surface area contributed by atoms with Gasteiger partial charge in [-0.25, -0.2) is 4.98 Å². The van der Waals surface area contributed by atoms with E-state index in [1.165, 1.54) is 0 Å². The number of ether oxygens (including phenoxy) is 1. The lowest BCUT2D eigenvalue weighted by molar-refractivity contribution is -0.146. The van der Waals surface area contributed by atoms with Gasteiger partial charge in [-0.15, -0.1) is 11.3 Å². The van der Waals surface area contributed by atoms with Crippen LogP contribution in [0.25, 0.3) is 0 Å². The number of carbonyl (C=O) groups is 1. The Morgan fingerprint density at radius 3 is 2.76 bits per heavy atom. The molecule has 0 saturated heterocycles. The van der Waals surface area contributed by atoms with Crippen molar-refractivity contribution < 1.29 is 9.53 Å². The molecule has 4 nitrogen and oxygen atoms in total. The zero-order valence-corrected chi connectivity index (χ0v) is 11.6. The monoisotopic (exact) mass is 256 g/mol. The van der Waals surface area contributed by atoms with Crippen molar-refractivity contribution in [3.63, 3.8) is 0 Å². The van der Waals surface area contributed by atoms with Crippen LogP contribution in [0, 0.1) is 12.8 Å². The van der Waals surface area contributed by atoms with Crippen molar-refractivity contribution in [2.45, 2.75) is 40.3 Å².